The summed E-state index contributed by atoms with van der Waals surface area (Å²) in [6, 6.07) is 34.0. The SMILES string of the molecule is c1cc2ccc1OCCCCCCCCCCCCOc1ccc(cc1)-c1ccc(cc1)OCCCCCCCCCCCCOc1ccc-2cc1. The maximum Gasteiger partial charge on any atom is 0.119 e. The highest BCUT2D eigenvalue weighted by molar-refractivity contribution is 5.65. The lowest BCUT2D eigenvalue weighted by Crippen LogP contribution is -1.98. The topological polar surface area (TPSA) is 36.9 Å². The quantitative estimate of drug-likeness (QED) is 0.183. The van der Waals surface area contributed by atoms with Gasteiger partial charge in [0.25, 0.3) is 0 Å². The van der Waals surface area contributed by atoms with E-state index in [1.54, 1.807) is 0 Å². The Morgan fingerprint density at radius 3 is 0.519 bits per heavy atom. The second-order valence-electron chi connectivity index (χ2n) is 14.6. The van der Waals surface area contributed by atoms with Gasteiger partial charge in [-0.2, -0.15) is 0 Å². The van der Waals surface area contributed by atoms with Crippen molar-refractivity contribution < 1.29 is 18.9 Å². The smallest absolute Gasteiger partial charge is 0.119 e. The van der Waals surface area contributed by atoms with Crippen molar-refractivity contribution >= 4 is 0 Å². The summed E-state index contributed by atoms with van der Waals surface area (Å²) >= 11 is 0. The first-order valence-corrected chi connectivity index (χ1v) is 20.8. The lowest BCUT2D eigenvalue weighted by Gasteiger charge is -2.10. The van der Waals surface area contributed by atoms with E-state index < -0.39 is 0 Å². The largest absolute Gasteiger partial charge is 0.494 e. The van der Waals surface area contributed by atoms with Crippen LogP contribution in [-0.4, -0.2) is 26.4 Å². The average molecular weight is 705 g/mol. The normalized spacial score (nSPS) is 17.5. The minimum Gasteiger partial charge on any atom is -0.494 e. The molecule has 10 aliphatic rings. The van der Waals surface area contributed by atoms with Crippen LogP contribution >= 0.6 is 0 Å². The molecule has 10 heterocycles. The summed E-state index contributed by atoms with van der Waals surface area (Å²) in [5.41, 5.74) is 4.83. The van der Waals surface area contributed by atoms with Crippen molar-refractivity contribution in [1.82, 2.24) is 0 Å². The van der Waals surface area contributed by atoms with Crippen LogP contribution < -0.4 is 18.9 Å². The summed E-state index contributed by atoms with van der Waals surface area (Å²) < 4.78 is 24.1. The molecule has 4 aromatic rings. The van der Waals surface area contributed by atoms with Crippen molar-refractivity contribution in [3.63, 3.8) is 0 Å². The van der Waals surface area contributed by atoms with Crippen LogP contribution in [0.5, 0.6) is 23.0 Å². The van der Waals surface area contributed by atoms with Crippen molar-refractivity contribution in [3.8, 4) is 45.3 Å². The molecule has 4 aromatic carbocycles. The fourth-order valence-corrected chi connectivity index (χ4v) is 6.97. The predicted molar refractivity (Wildman–Crippen MR) is 218 cm³/mol. The lowest BCUT2D eigenvalue weighted by atomic mass is 10.1. The van der Waals surface area contributed by atoms with Gasteiger partial charge in [-0.1, -0.05) is 151 Å². The molecule has 0 saturated heterocycles. The van der Waals surface area contributed by atoms with Crippen molar-refractivity contribution in [2.24, 2.45) is 0 Å². The molecule has 10 aliphatic heterocycles. The van der Waals surface area contributed by atoms with Gasteiger partial charge in [0.05, 0.1) is 26.4 Å². The van der Waals surface area contributed by atoms with E-state index in [0.717, 1.165) is 75.1 Å². The molecule has 0 amide bonds. The van der Waals surface area contributed by atoms with Crippen LogP contribution in [0.3, 0.4) is 0 Å². The highest BCUT2D eigenvalue weighted by atomic mass is 16.5. The van der Waals surface area contributed by atoms with Gasteiger partial charge in [0.1, 0.15) is 23.0 Å². The Kier molecular flexibility index (Phi) is 18.4. The first kappa shape index (κ1) is 39.3. The van der Waals surface area contributed by atoms with Gasteiger partial charge in [0, 0.05) is 0 Å². The summed E-state index contributed by atoms with van der Waals surface area (Å²) in [5.74, 6) is 3.83. The summed E-state index contributed by atoms with van der Waals surface area (Å²) in [4.78, 5) is 0. The molecule has 4 heteroatoms. The van der Waals surface area contributed by atoms with Crippen LogP contribution in [0, 0.1) is 0 Å². The molecule has 0 aliphatic carbocycles. The maximum atomic E-state index is 6.04. The number of benzene rings is 4. The molecule has 52 heavy (non-hydrogen) atoms. The molecule has 280 valence electrons. The fraction of sp³-hybridized carbons (Fsp3) is 0.500. The van der Waals surface area contributed by atoms with E-state index in [4.69, 9.17) is 18.9 Å². The zero-order valence-electron chi connectivity index (χ0n) is 31.8. The molecule has 0 spiro atoms. The molecular weight excluding hydrogens is 641 g/mol. The average Bonchev–Trinajstić information content (AvgIpc) is 3.19. The van der Waals surface area contributed by atoms with Crippen LogP contribution in [-0.2, 0) is 0 Å². The predicted octanol–water partition coefficient (Wildman–Crippen LogP) is 14.1. The lowest BCUT2D eigenvalue weighted by molar-refractivity contribution is 0.303. The molecular formula is C48H64O4. The minimum absolute atomic E-state index is 0.793. The fourth-order valence-electron chi connectivity index (χ4n) is 6.97. The summed E-state index contributed by atoms with van der Waals surface area (Å²) in [5, 5.41) is 0. The van der Waals surface area contributed by atoms with Gasteiger partial charge >= 0.3 is 0 Å². The Labute approximate surface area is 315 Å². The van der Waals surface area contributed by atoms with E-state index >= 15 is 0 Å². The van der Waals surface area contributed by atoms with E-state index in [-0.39, 0.29) is 0 Å². The number of hydrogen-bond acceptors (Lipinski definition) is 4. The maximum absolute atomic E-state index is 6.04. The number of hydrogen-bond donors (Lipinski definition) is 0. The van der Waals surface area contributed by atoms with Gasteiger partial charge in [0.15, 0.2) is 0 Å². The van der Waals surface area contributed by atoms with Crippen molar-refractivity contribution in [2.75, 3.05) is 26.4 Å². The van der Waals surface area contributed by atoms with E-state index in [0.29, 0.717) is 0 Å². The second-order valence-corrected chi connectivity index (χ2v) is 14.6. The van der Waals surface area contributed by atoms with E-state index in [1.165, 1.54) is 125 Å². The van der Waals surface area contributed by atoms with Crippen molar-refractivity contribution in [2.45, 2.75) is 128 Å². The highest BCUT2D eigenvalue weighted by Crippen LogP contribution is 2.27. The molecule has 0 atom stereocenters. The molecule has 8 bridgehead atoms. The Hall–Kier alpha value is -3.92. The van der Waals surface area contributed by atoms with Gasteiger partial charge in [-0.25, -0.2) is 0 Å². The van der Waals surface area contributed by atoms with Crippen molar-refractivity contribution in [3.05, 3.63) is 97.1 Å². The Morgan fingerprint density at radius 1 is 0.192 bits per heavy atom. The highest BCUT2D eigenvalue weighted by Gasteiger charge is 2.04. The van der Waals surface area contributed by atoms with E-state index in [2.05, 4.69) is 97.1 Å². The number of rotatable bonds is 0. The third-order valence-corrected chi connectivity index (χ3v) is 10.2. The molecule has 0 unspecified atom stereocenters. The molecule has 0 N–H and O–H groups in total. The molecule has 0 aromatic heterocycles. The summed E-state index contributed by atoms with van der Waals surface area (Å²) in [7, 11) is 0. The molecule has 0 radical (unpaired) electrons. The second kappa shape index (κ2) is 24.3. The Morgan fingerprint density at radius 2 is 0.346 bits per heavy atom. The van der Waals surface area contributed by atoms with Gasteiger partial charge in [-0.3, -0.25) is 0 Å². The van der Waals surface area contributed by atoms with Gasteiger partial charge in [0.2, 0.25) is 0 Å². The van der Waals surface area contributed by atoms with Gasteiger partial charge < -0.3 is 18.9 Å². The summed E-state index contributed by atoms with van der Waals surface area (Å²) in [6.45, 7) is 3.17. The van der Waals surface area contributed by atoms with Crippen LogP contribution in [0.1, 0.15) is 128 Å². The first-order chi connectivity index (χ1) is 25.8. The van der Waals surface area contributed by atoms with Crippen molar-refractivity contribution in [1.29, 1.82) is 0 Å². The van der Waals surface area contributed by atoms with E-state index in [1.807, 2.05) is 0 Å². The third kappa shape index (κ3) is 15.4. The van der Waals surface area contributed by atoms with Crippen LogP contribution in [0.25, 0.3) is 22.3 Å². The van der Waals surface area contributed by atoms with E-state index in [9.17, 15) is 0 Å². The Bertz CT molecular complexity index is 1230. The number of ether oxygens (including phenoxy) is 4. The monoisotopic (exact) mass is 704 g/mol. The molecule has 14 rings (SSSR count). The van der Waals surface area contributed by atoms with Gasteiger partial charge in [-0.15, -0.1) is 0 Å². The Balaban J connectivity index is 1.00. The molecule has 0 saturated carbocycles. The zero-order valence-corrected chi connectivity index (χ0v) is 31.8. The third-order valence-electron chi connectivity index (χ3n) is 10.2. The molecule has 4 nitrogen and oxygen atoms in total. The standard InChI is InChI=1S/C48H64O4/c1-2-6-10-14-18-38-50-46-31-23-42(24-32-46)44-27-35-48(36-28-44)52-40-20-16-12-8-4-3-7-11-15-19-39-51-47-33-25-43(26-34-47)41-21-29-45(30-22-41)49-37-17-13-9-5-1/h21-36H,1-20,37-40H2. The molecule has 0 fully saturated rings. The van der Waals surface area contributed by atoms with Gasteiger partial charge in [-0.05, 0) is 96.5 Å². The van der Waals surface area contributed by atoms with Crippen LogP contribution in [0.4, 0.5) is 0 Å². The van der Waals surface area contributed by atoms with Crippen LogP contribution in [0.2, 0.25) is 0 Å². The zero-order chi connectivity index (χ0) is 35.7. The van der Waals surface area contributed by atoms with Crippen LogP contribution in [0.15, 0.2) is 97.1 Å². The first-order valence-electron chi connectivity index (χ1n) is 20.8. The minimum atomic E-state index is 0.793. The summed E-state index contributed by atoms with van der Waals surface area (Å²) in [6.07, 6.45) is 25.3.